The van der Waals surface area contributed by atoms with Gasteiger partial charge in [-0.05, 0) is 12.1 Å². The zero-order valence-corrected chi connectivity index (χ0v) is 11.4. The van der Waals surface area contributed by atoms with Crippen molar-refractivity contribution < 1.29 is 10.4 Å². The SMILES string of the molecule is ON=C(C(=NO)c1ccc(Br)cc1)c1ccccc1. The van der Waals surface area contributed by atoms with Crippen LogP contribution in [0.5, 0.6) is 0 Å². The predicted molar refractivity (Wildman–Crippen MR) is 77.2 cm³/mol. The fourth-order valence-electron chi connectivity index (χ4n) is 1.69. The molecule has 0 aromatic heterocycles. The van der Waals surface area contributed by atoms with Crippen molar-refractivity contribution in [2.75, 3.05) is 0 Å². The minimum atomic E-state index is 0.209. The van der Waals surface area contributed by atoms with E-state index < -0.39 is 0 Å². The van der Waals surface area contributed by atoms with Gasteiger partial charge in [0.25, 0.3) is 0 Å². The maximum absolute atomic E-state index is 9.20. The minimum Gasteiger partial charge on any atom is -0.410 e. The standard InChI is InChI=1S/C14H11BrN2O2/c15-12-8-6-11(7-9-12)14(17-19)13(16-18)10-4-2-1-3-5-10/h1-9,18-19H. The van der Waals surface area contributed by atoms with Gasteiger partial charge < -0.3 is 10.4 Å². The number of halogens is 1. The Morgan fingerprint density at radius 1 is 0.737 bits per heavy atom. The van der Waals surface area contributed by atoms with Crippen LogP contribution in [-0.4, -0.2) is 21.8 Å². The quantitative estimate of drug-likeness (QED) is 0.516. The van der Waals surface area contributed by atoms with Gasteiger partial charge in [-0.2, -0.15) is 0 Å². The molecule has 0 fully saturated rings. The highest BCUT2D eigenvalue weighted by atomic mass is 79.9. The van der Waals surface area contributed by atoms with E-state index in [1.54, 1.807) is 24.3 Å². The van der Waals surface area contributed by atoms with E-state index in [2.05, 4.69) is 26.2 Å². The second-order valence-corrected chi connectivity index (χ2v) is 4.69. The number of hydrogen-bond donors (Lipinski definition) is 2. The molecule has 96 valence electrons. The van der Waals surface area contributed by atoms with Crippen molar-refractivity contribution in [3.8, 4) is 0 Å². The number of benzene rings is 2. The van der Waals surface area contributed by atoms with Crippen LogP contribution in [0.4, 0.5) is 0 Å². The molecule has 0 atom stereocenters. The topological polar surface area (TPSA) is 65.2 Å². The Hall–Kier alpha value is -2.14. The molecule has 0 bridgehead atoms. The molecule has 2 aromatic carbocycles. The summed E-state index contributed by atoms with van der Waals surface area (Å²) in [7, 11) is 0. The Morgan fingerprint density at radius 2 is 1.21 bits per heavy atom. The van der Waals surface area contributed by atoms with E-state index in [4.69, 9.17) is 0 Å². The third kappa shape index (κ3) is 3.00. The van der Waals surface area contributed by atoms with E-state index in [0.717, 1.165) is 4.47 Å². The van der Waals surface area contributed by atoms with Crippen LogP contribution in [0.15, 0.2) is 69.4 Å². The van der Waals surface area contributed by atoms with Crippen LogP contribution in [0.3, 0.4) is 0 Å². The van der Waals surface area contributed by atoms with Gasteiger partial charge in [-0.25, -0.2) is 0 Å². The maximum atomic E-state index is 9.20. The Morgan fingerprint density at radius 3 is 1.68 bits per heavy atom. The van der Waals surface area contributed by atoms with Gasteiger partial charge in [0, 0.05) is 15.6 Å². The highest BCUT2D eigenvalue weighted by Gasteiger charge is 2.15. The first-order chi connectivity index (χ1) is 9.26. The van der Waals surface area contributed by atoms with Crippen molar-refractivity contribution in [1.82, 2.24) is 0 Å². The number of nitrogens with zero attached hydrogens (tertiary/aromatic N) is 2. The van der Waals surface area contributed by atoms with Crippen LogP contribution in [-0.2, 0) is 0 Å². The van der Waals surface area contributed by atoms with Crippen molar-refractivity contribution in [1.29, 1.82) is 0 Å². The summed E-state index contributed by atoms with van der Waals surface area (Å²) in [4.78, 5) is 0. The molecule has 0 saturated heterocycles. The fraction of sp³-hybridized carbons (Fsp3) is 0. The lowest BCUT2D eigenvalue weighted by molar-refractivity contribution is 0.314. The van der Waals surface area contributed by atoms with Gasteiger partial charge in [-0.1, -0.05) is 68.7 Å². The molecule has 0 radical (unpaired) electrons. The molecule has 2 rings (SSSR count). The van der Waals surface area contributed by atoms with Crippen LogP contribution < -0.4 is 0 Å². The van der Waals surface area contributed by atoms with E-state index in [1.165, 1.54) is 0 Å². The van der Waals surface area contributed by atoms with Crippen molar-refractivity contribution >= 4 is 27.4 Å². The molecule has 0 saturated carbocycles. The normalized spacial score (nSPS) is 12.5. The summed E-state index contributed by atoms with van der Waals surface area (Å²) in [5.41, 5.74) is 1.75. The van der Waals surface area contributed by atoms with E-state index in [1.807, 2.05) is 30.3 Å². The zero-order chi connectivity index (χ0) is 13.7. The Kier molecular flexibility index (Phi) is 4.30. The van der Waals surface area contributed by atoms with E-state index in [9.17, 15) is 10.4 Å². The molecule has 2 aromatic rings. The fourth-order valence-corrected chi connectivity index (χ4v) is 1.95. The molecular formula is C14H11BrN2O2. The Balaban J connectivity index is 2.45. The molecule has 0 aliphatic carbocycles. The summed E-state index contributed by atoms with van der Waals surface area (Å²) in [6.45, 7) is 0. The molecule has 2 N–H and O–H groups in total. The van der Waals surface area contributed by atoms with E-state index in [-0.39, 0.29) is 11.4 Å². The minimum absolute atomic E-state index is 0.209. The predicted octanol–water partition coefficient (Wildman–Crippen LogP) is 3.51. The number of hydrogen-bond acceptors (Lipinski definition) is 4. The third-order valence-corrected chi connectivity index (χ3v) is 3.12. The Bertz CT molecular complexity index is 607. The highest BCUT2D eigenvalue weighted by molar-refractivity contribution is 9.10. The molecule has 0 amide bonds. The first-order valence-electron chi connectivity index (χ1n) is 5.52. The molecule has 0 heterocycles. The van der Waals surface area contributed by atoms with Crippen molar-refractivity contribution in [3.63, 3.8) is 0 Å². The summed E-state index contributed by atoms with van der Waals surface area (Å²) in [6, 6.07) is 16.2. The third-order valence-electron chi connectivity index (χ3n) is 2.59. The van der Waals surface area contributed by atoms with Crippen LogP contribution in [0.2, 0.25) is 0 Å². The van der Waals surface area contributed by atoms with Crippen LogP contribution in [0.1, 0.15) is 11.1 Å². The molecule has 0 aliphatic rings. The van der Waals surface area contributed by atoms with Gasteiger partial charge in [0.15, 0.2) is 0 Å². The molecule has 4 nitrogen and oxygen atoms in total. The lowest BCUT2D eigenvalue weighted by atomic mass is 10.00. The zero-order valence-electron chi connectivity index (χ0n) is 9.86. The average molecular weight is 319 g/mol. The lowest BCUT2D eigenvalue weighted by Crippen LogP contribution is -2.17. The first kappa shape index (κ1) is 13.3. The molecule has 0 aliphatic heterocycles. The average Bonchev–Trinajstić information content (AvgIpc) is 2.47. The monoisotopic (exact) mass is 318 g/mol. The summed E-state index contributed by atoms with van der Waals surface area (Å²) >= 11 is 3.33. The van der Waals surface area contributed by atoms with Gasteiger partial charge in [-0.3, -0.25) is 0 Å². The molecule has 19 heavy (non-hydrogen) atoms. The second-order valence-electron chi connectivity index (χ2n) is 3.77. The van der Waals surface area contributed by atoms with Gasteiger partial charge in [0.1, 0.15) is 11.4 Å². The van der Waals surface area contributed by atoms with Crippen LogP contribution in [0.25, 0.3) is 0 Å². The molecule has 0 unspecified atom stereocenters. The smallest absolute Gasteiger partial charge is 0.139 e. The number of rotatable bonds is 3. The van der Waals surface area contributed by atoms with Gasteiger partial charge in [0.2, 0.25) is 0 Å². The van der Waals surface area contributed by atoms with Crippen LogP contribution in [0, 0.1) is 0 Å². The maximum Gasteiger partial charge on any atom is 0.139 e. The largest absolute Gasteiger partial charge is 0.410 e. The summed E-state index contributed by atoms with van der Waals surface area (Å²) in [5, 5.41) is 24.9. The molecular weight excluding hydrogens is 308 g/mol. The van der Waals surface area contributed by atoms with Gasteiger partial charge in [0.05, 0.1) is 0 Å². The summed E-state index contributed by atoms with van der Waals surface area (Å²) < 4.78 is 0.913. The Labute approximate surface area is 118 Å². The molecule has 0 spiro atoms. The second kappa shape index (κ2) is 6.15. The van der Waals surface area contributed by atoms with E-state index in [0.29, 0.717) is 11.1 Å². The van der Waals surface area contributed by atoms with Crippen LogP contribution >= 0.6 is 15.9 Å². The summed E-state index contributed by atoms with van der Waals surface area (Å²) in [6.07, 6.45) is 0. The number of oxime groups is 2. The van der Waals surface area contributed by atoms with Crippen molar-refractivity contribution in [2.24, 2.45) is 10.3 Å². The van der Waals surface area contributed by atoms with Gasteiger partial charge >= 0.3 is 0 Å². The lowest BCUT2D eigenvalue weighted by Gasteiger charge is -2.07. The summed E-state index contributed by atoms with van der Waals surface area (Å²) in [5.74, 6) is 0. The highest BCUT2D eigenvalue weighted by Crippen LogP contribution is 2.14. The van der Waals surface area contributed by atoms with Gasteiger partial charge in [-0.15, -0.1) is 0 Å². The van der Waals surface area contributed by atoms with Crippen molar-refractivity contribution in [2.45, 2.75) is 0 Å². The van der Waals surface area contributed by atoms with Crippen molar-refractivity contribution in [3.05, 3.63) is 70.2 Å². The van der Waals surface area contributed by atoms with E-state index >= 15 is 0 Å². The molecule has 5 heteroatoms. The first-order valence-corrected chi connectivity index (χ1v) is 6.31.